The first kappa shape index (κ1) is 21.8. The van der Waals surface area contributed by atoms with Crippen LogP contribution in [0, 0.1) is 29.1 Å². The number of allylic oxidation sites excluding steroid dienone is 3. The van der Waals surface area contributed by atoms with Crippen molar-refractivity contribution >= 4 is 11.9 Å². The summed E-state index contributed by atoms with van der Waals surface area (Å²) in [5.41, 5.74) is 3.53. The molecule has 3 atom stereocenters. The van der Waals surface area contributed by atoms with Gasteiger partial charge in [0.05, 0.1) is 6.10 Å². The summed E-state index contributed by atoms with van der Waals surface area (Å²) in [4.78, 5) is 13.0. The number of carbonyl (C=O) groups is 1. The number of hydrogen-bond donors (Lipinski definition) is 1. The van der Waals surface area contributed by atoms with E-state index in [1.807, 2.05) is 12.2 Å². The van der Waals surface area contributed by atoms with Crippen LogP contribution in [-0.2, 0) is 4.79 Å². The van der Waals surface area contributed by atoms with Crippen molar-refractivity contribution in [1.29, 1.82) is 0 Å². The molecule has 3 aliphatic carbocycles. The fraction of sp³-hybridized carbons (Fsp3) is 0.483. The highest BCUT2D eigenvalue weighted by molar-refractivity contribution is 6.09. The van der Waals surface area contributed by atoms with Gasteiger partial charge < -0.3 is 5.11 Å². The molecular weight excluding hydrogens is 380 g/mol. The van der Waals surface area contributed by atoms with E-state index in [1.54, 1.807) is 6.08 Å². The zero-order valence-corrected chi connectivity index (χ0v) is 18.7. The van der Waals surface area contributed by atoms with E-state index in [4.69, 9.17) is 0 Å². The first-order valence-electron chi connectivity index (χ1n) is 11.9. The zero-order chi connectivity index (χ0) is 21.8. The molecule has 0 bridgehead atoms. The normalized spacial score (nSPS) is 30.2. The van der Waals surface area contributed by atoms with E-state index in [-0.39, 0.29) is 11.7 Å². The van der Waals surface area contributed by atoms with Crippen LogP contribution in [0.2, 0.25) is 0 Å². The lowest BCUT2D eigenvalue weighted by molar-refractivity contribution is -0.113. The topological polar surface area (TPSA) is 37.3 Å². The maximum absolute atomic E-state index is 13.0. The van der Waals surface area contributed by atoms with Crippen LogP contribution in [0.25, 0.3) is 6.08 Å². The van der Waals surface area contributed by atoms with Gasteiger partial charge in [0.15, 0.2) is 5.78 Å². The second kappa shape index (κ2) is 9.41. The van der Waals surface area contributed by atoms with Crippen molar-refractivity contribution in [3.63, 3.8) is 0 Å². The summed E-state index contributed by atoms with van der Waals surface area (Å²) in [7, 11) is 0. The molecule has 0 heterocycles. The van der Waals surface area contributed by atoms with E-state index in [9.17, 15) is 9.90 Å². The lowest BCUT2D eigenvalue weighted by Gasteiger charge is -2.50. The molecule has 2 nitrogen and oxygen atoms in total. The number of ketones is 1. The summed E-state index contributed by atoms with van der Waals surface area (Å²) in [6.45, 7) is 6.04. The number of benzene rings is 1. The second-order valence-corrected chi connectivity index (χ2v) is 9.52. The number of rotatable bonds is 3. The number of hydrogen-bond acceptors (Lipinski definition) is 2. The fourth-order valence-corrected chi connectivity index (χ4v) is 5.85. The lowest BCUT2D eigenvalue weighted by atomic mass is 9.55. The van der Waals surface area contributed by atoms with Crippen LogP contribution in [0.5, 0.6) is 0 Å². The average Bonchev–Trinajstić information content (AvgIpc) is 2.78. The largest absolute Gasteiger partial charge is 0.392 e. The minimum absolute atomic E-state index is 0.0425. The van der Waals surface area contributed by atoms with Crippen LogP contribution in [0.1, 0.15) is 75.8 Å². The molecule has 0 saturated heterocycles. The van der Waals surface area contributed by atoms with Crippen LogP contribution < -0.4 is 0 Å². The molecule has 0 radical (unpaired) electrons. The Labute approximate surface area is 187 Å². The molecule has 1 N–H and O–H groups in total. The molecule has 162 valence electrons. The smallest absolute Gasteiger partial charge is 0.182 e. The summed E-state index contributed by atoms with van der Waals surface area (Å²) < 4.78 is 0. The molecule has 4 rings (SSSR count). The van der Waals surface area contributed by atoms with Crippen molar-refractivity contribution < 1.29 is 9.90 Å². The highest BCUT2D eigenvalue weighted by Gasteiger charge is 2.50. The van der Waals surface area contributed by atoms with Gasteiger partial charge >= 0.3 is 0 Å². The van der Waals surface area contributed by atoms with Crippen molar-refractivity contribution in [2.24, 2.45) is 17.3 Å². The van der Waals surface area contributed by atoms with E-state index in [2.05, 4.69) is 49.6 Å². The van der Waals surface area contributed by atoms with Gasteiger partial charge in [0.25, 0.3) is 0 Å². The number of aliphatic hydroxyl groups is 1. The van der Waals surface area contributed by atoms with Gasteiger partial charge in [-0.2, -0.15) is 0 Å². The molecule has 2 saturated carbocycles. The van der Waals surface area contributed by atoms with E-state index in [0.717, 1.165) is 41.5 Å². The Morgan fingerprint density at radius 3 is 2.58 bits per heavy atom. The Morgan fingerprint density at radius 2 is 1.87 bits per heavy atom. The summed E-state index contributed by atoms with van der Waals surface area (Å²) in [6, 6.07) is 8.20. The zero-order valence-electron chi connectivity index (χ0n) is 18.7. The predicted molar refractivity (Wildman–Crippen MR) is 127 cm³/mol. The van der Waals surface area contributed by atoms with Crippen molar-refractivity contribution in [1.82, 2.24) is 0 Å². The van der Waals surface area contributed by atoms with Crippen molar-refractivity contribution in [3.8, 4) is 11.8 Å². The lowest BCUT2D eigenvalue weighted by Crippen LogP contribution is -2.48. The predicted octanol–water partition coefficient (Wildman–Crippen LogP) is 6.25. The van der Waals surface area contributed by atoms with Crippen LogP contribution in [0.15, 0.2) is 54.1 Å². The maximum atomic E-state index is 13.0. The van der Waals surface area contributed by atoms with Gasteiger partial charge in [0, 0.05) is 22.5 Å². The minimum atomic E-state index is -0.436. The highest BCUT2D eigenvalue weighted by Crippen LogP contribution is 2.54. The quantitative estimate of drug-likeness (QED) is 0.360. The van der Waals surface area contributed by atoms with Gasteiger partial charge in [-0.15, -0.1) is 6.58 Å². The van der Waals surface area contributed by atoms with Gasteiger partial charge in [-0.25, -0.2) is 0 Å². The van der Waals surface area contributed by atoms with Gasteiger partial charge in [0.1, 0.15) is 0 Å². The summed E-state index contributed by atoms with van der Waals surface area (Å²) in [6.07, 6.45) is 15.0. The Kier molecular flexibility index (Phi) is 6.63. The third-order valence-electron chi connectivity index (χ3n) is 7.69. The molecule has 3 aliphatic rings. The molecule has 1 aromatic rings. The highest BCUT2D eigenvalue weighted by atomic mass is 16.3. The number of aliphatic hydroxyl groups excluding tert-OH is 1. The second-order valence-electron chi connectivity index (χ2n) is 9.52. The van der Waals surface area contributed by atoms with Crippen molar-refractivity contribution in [3.05, 3.63) is 65.3 Å². The van der Waals surface area contributed by atoms with Crippen LogP contribution in [0.4, 0.5) is 0 Å². The van der Waals surface area contributed by atoms with E-state index in [1.165, 1.54) is 32.1 Å². The van der Waals surface area contributed by atoms with Gasteiger partial charge in [-0.1, -0.05) is 61.8 Å². The molecule has 0 unspecified atom stereocenters. The van der Waals surface area contributed by atoms with E-state index >= 15 is 0 Å². The minimum Gasteiger partial charge on any atom is -0.392 e. The molecule has 0 aliphatic heterocycles. The fourth-order valence-electron chi connectivity index (χ4n) is 5.85. The third kappa shape index (κ3) is 4.35. The van der Waals surface area contributed by atoms with Gasteiger partial charge in [-0.05, 0) is 74.3 Å². The SMILES string of the molecule is C=CC[C@@]12C(=CC(=O)C(=Cc3ccc(C#CC4CCCCC4)cc3)[C@@H]1C)CCC[C@@H]2O. The van der Waals surface area contributed by atoms with Crippen LogP contribution in [0.3, 0.4) is 0 Å². The first-order chi connectivity index (χ1) is 15.0. The summed E-state index contributed by atoms with van der Waals surface area (Å²) in [5.74, 6) is 7.36. The van der Waals surface area contributed by atoms with Crippen LogP contribution in [-0.4, -0.2) is 17.0 Å². The Hall–Kier alpha value is -2.37. The van der Waals surface area contributed by atoms with Crippen LogP contribution >= 0.6 is 0 Å². The molecule has 31 heavy (non-hydrogen) atoms. The number of carbonyl (C=O) groups excluding carboxylic acids is 1. The summed E-state index contributed by atoms with van der Waals surface area (Å²) in [5, 5.41) is 11.0. The first-order valence-corrected chi connectivity index (χ1v) is 11.9. The van der Waals surface area contributed by atoms with Gasteiger partial charge in [0.2, 0.25) is 0 Å². The number of fused-ring (bicyclic) bond motifs is 1. The molecule has 0 spiro atoms. The third-order valence-corrected chi connectivity index (χ3v) is 7.69. The molecule has 2 fully saturated rings. The maximum Gasteiger partial charge on any atom is 0.182 e. The molecule has 1 aromatic carbocycles. The summed E-state index contributed by atoms with van der Waals surface area (Å²) >= 11 is 0. The van der Waals surface area contributed by atoms with E-state index < -0.39 is 11.5 Å². The van der Waals surface area contributed by atoms with Gasteiger partial charge in [-0.3, -0.25) is 4.79 Å². The molecule has 2 heteroatoms. The average molecular weight is 415 g/mol. The molecule has 0 amide bonds. The Balaban J connectivity index is 1.59. The molecular formula is C29H34O2. The van der Waals surface area contributed by atoms with Crippen molar-refractivity contribution in [2.75, 3.05) is 0 Å². The standard InChI is InChI=1S/C29H34O2/c1-3-18-29-21(2)26(27(30)20-25(29)10-7-11-28(29)31)19-24-16-14-23(15-17-24)13-12-22-8-5-4-6-9-22/h3,14-17,19-22,28,31H,1,4-11,18H2,2H3/t21-,28-,29-/m0/s1. The van der Waals surface area contributed by atoms with Crippen molar-refractivity contribution in [2.45, 2.75) is 70.8 Å². The Morgan fingerprint density at radius 1 is 1.13 bits per heavy atom. The Bertz CT molecular complexity index is 947. The monoisotopic (exact) mass is 414 g/mol. The van der Waals surface area contributed by atoms with E-state index in [0.29, 0.717) is 12.3 Å². The molecule has 0 aromatic heterocycles.